The maximum absolute atomic E-state index is 12.6. The number of halogens is 6. The second kappa shape index (κ2) is 4.29. The van der Waals surface area contributed by atoms with E-state index in [1.807, 2.05) is 0 Å². The summed E-state index contributed by atoms with van der Waals surface area (Å²) in [6.45, 7) is 1.78. The smallest absolute Gasteiger partial charge is 0.294 e. The lowest BCUT2D eigenvalue weighted by atomic mass is 9.94. The van der Waals surface area contributed by atoms with Crippen LogP contribution >= 0.6 is 0 Å². The zero-order valence-electron chi connectivity index (χ0n) is 9.33. The Morgan fingerprint density at radius 2 is 1.28 bits per heavy atom. The van der Waals surface area contributed by atoms with Crippen LogP contribution in [0.3, 0.4) is 0 Å². The highest BCUT2D eigenvalue weighted by Crippen LogP contribution is 2.40. The number of hydrogen-bond donors (Lipinski definition) is 0. The summed E-state index contributed by atoms with van der Waals surface area (Å²) < 4.78 is 75.8. The van der Waals surface area contributed by atoms with Crippen molar-refractivity contribution in [1.82, 2.24) is 0 Å². The summed E-state index contributed by atoms with van der Waals surface area (Å²) in [6, 6.07) is 1.07. The molecule has 0 amide bonds. The van der Waals surface area contributed by atoms with Crippen LogP contribution in [0.5, 0.6) is 0 Å². The van der Waals surface area contributed by atoms with Crippen LogP contribution in [0.15, 0.2) is 12.1 Å². The van der Waals surface area contributed by atoms with E-state index in [2.05, 4.69) is 0 Å². The van der Waals surface area contributed by atoms with Crippen LogP contribution in [-0.4, -0.2) is 5.78 Å². The SMILES string of the molecule is CC(=O)c1c(C(F)(F)F)cc(C)cc1C(F)(F)F. The molecule has 0 unspecified atom stereocenters. The first-order valence-electron chi connectivity index (χ1n) is 4.74. The fraction of sp³-hybridized carbons (Fsp3) is 0.364. The van der Waals surface area contributed by atoms with Crippen LogP contribution in [0, 0.1) is 6.92 Å². The molecule has 7 heteroatoms. The lowest BCUT2D eigenvalue weighted by molar-refractivity contribution is -0.143. The molecule has 1 aromatic rings. The maximum Gasteiger partial charge on any atom is 0.417 e. The van der Waals surface area contributed by atoms with E-state index >= 15 is 0 Å². The Kier molecular flexibility index (Phi) is 3.47. The van der Waals surface area contributed by atoms with Crippen LogP contribution in [0.25, 0.3) is 0 Å². The van der Waals surface area contributed by atoms with Gasteiger partial charge in [0.1, 0.15) is 0 Å². The quantitative estimate of drug-likeness (QED) is 0.551. The van der Waals surface area contributed by atoms with Crippen molar-refractivity contribution < 1.29 is 31.1 Å². The molecule has 1 nitrogen and oxygen atoms in total. The number of alkyl halides is 6. The number of Topliss-reactive ketones (excluding diaryl/α,β-unsaturated/α-hetero) is 1. The van der Waals surface area contributed by atoms with Gasteiger partial charge < -0.3 is 0 Å². The summed E-state index contributed by atoms with van der Waals surface area (Å²) in [6.07, 6.45) is -10.0. The predicted molar refractivity (Wildman–Crippen MR) is 51.2 cm³/mol. The molecule has 0 N–H and O–H groups in total. The average molecular weight is 270 g/mol. The Morgan fingerprint density at radius 3 is 1.50 bits per heavy atom. The van der Waals surface area contributed by atoms with Crippen molar-refractivity contribution in [2.24, 2.45) is 0 Å². The lowest BCUT2D eigenvalue weighted by Gasteiger charge is -2.18. The van der Waals surface area contributed by atoms with Gasteiger partial charge in [-0.2, -0.15) is 26.3 Å². The van der Waals surface area contributed by atoms with Gasteiger partial charge in [-0.3, -0.25) is 4.79 Å². The van der Waals surface area contributed by atoms with Crippen LogP contribution < -0.4 is 0 Å². The zero-order valence-corrected chi connectivity index (χ0v) is 9.33. The topological polar surface area (TPSA) is 17.1 Å². The number of aryl methyl sites for hydroxylation is 1. The minimum Gasteiger partial charge on any atom is -0.294 e. The van der Waals surface area contributed by atoms with Crippen molar-refractivity contribution in [3.8, 4) is 0 Å². The number of carbonyl (C=O) groups excluding carboxylic acids is 1. The molecule has 0 heterocycles. The number of hydrogen-bond acceptors (Lipinski definition) is 1. The minimum absolute atomic E-state index is 0.209. The molecular formula is C11H8F6O. The second-order valence-electron chi connectivity index (χ2n) is 3.79. The molecule has 0 bridgehead atoms. The molecule has 0 spiro atoms. The average Bonchev–Trinajstić information content (AvgIpc) is 2.12. The van der Waals surface area contributed by atoms with Gasteiger partial charge in [0.05, 0.1) is 11.1 Å². The third-order valence-electron chi connectivity index (χ3n) is 2.25. The molecule has 0 aromatic heterocycles. The summed E-state index contributed by atoms with van der Waals surface area (Å²) >= 11 is 0. The number of rotatable bonds is 1. The molecule has 0 radical (unpaired) electrons. The van der Waals surface area contributed by atoms with Gasteiger partial charge in [0.15, 0.2) is 5.78 Å². The summed E-state index contributed by atoms with van der Waals surface area (Å²) in [5.41, 5.74) is -4.65. The molecule has 0 aliphatic rings. The molecule has 18 heavy (non-hydrogen) atoms. The molecular weight excluding hydrogens is 262 g/mol. The van der Waals surface area contributed by atoms with Gasteiger partial charge in [0.2, 0.25) is 0 Å². The largest absolute Gasteiger partial charge is 0.417 e. The molecule has 0 aliphatic heterocycles. The summed E-state index contributed by atoms with van der Waals surface area (Å²) in [4.78, 5) is 11.1. The van der Waals surface area contributed by atoms with E-state index in [1.165, 1.54) is 0 Å². The van der Waals surface area contributed by atoms with Gasteiger partial charge in [0, 0.05) is 5.56 Å². The Labute approximate surface area is 98.4 Å². The van der Waals surface area contributed by atoms with Crippen molar-refractivity contribution in [3.63, 3.8) is 0 Å². The van der Waals surface area contributed by atoms with E-state index in [9.17, 15) is 31.1 Å². The van der Waals surface area contributed by atoms with Crippen LogP contribution in [0.4, 0.5) is 26.3 Å². The summed E-state index contributed by atoms with van der Waals surface area (Å²) in [7, 11) is 0. The first-order valence-corrected chi connectivity index (χ1v) is 4.74. The van der Waals surface area contributed by atoms with Gasteiger partial charge in [-0.1, -0.05) is 0 Å². The standard InChI is InChI=1S/C11H8F6O/c1-5-3-7(10(12,13)14)9(6(2)18)8(4-5)11(15,16)17/h3-4H,1-2H3. The fourth-order valence-corrected chi connectivity index (χ4v) is 1.61. The van der Waals surface area contributed by atoms with Crippen molar-refractivity contribution in [3.05, 3.63) is 34.4 Å². The van der Waals surface area contributed by atoms with Gasteiger partial charge in [-0.05, 0) is 31.5 Å². The molecule has 100 valence electrons. The highest BCUT2D eigenvalue weighted by atomic mass is 19.4. The zero-order chi connectivity index (χ0) is 14.3. The number of carbonyl (C=O) groups is 1. The van der Waals surface area contributed by atoms with Crippen molar-refractivity contribution in [2.45, 2.75) is 26.2 Å². The van der Waals surface area contributed by atoms with Gasteiger partial charge >= 0.3 is 12.4 Å². The molecule has 0 atom stereocenters. The van der Waals surface area contributed by atoms with Gasteiger partial charge in [-0.15, -0.1) is 0 Å². The molecule has 1 rings (SSSR count). The Balaban J connectivity index is 3.74. The van der Waals surface area contributed by atoms with E-state index in [0.717, 1.165) is 6.92 Å². The van der Waals surface area contributed by atoms with Gasteiger partial charge in [0.25, 0.3) is 0 Å². The van der Waals surface area contributed by atoms with Crippen molar-refractivity contribution >= 4 is 5.78 Å². The second-order valence-corrected chi connectivity index (χ2v) is 3.79. The fourth-order valence-electron chi connectivity index (χ4n) is 1.61. The molecule has 0 saturated heterocycles. The number of benzene rings is 1. The highest BCUT2D eigenvalue weighted by molar-refractivity contribution is 5.97. The predicted octanol–water partition coefficient (Wildman–Crippen LogP) is 4.24. The van der Waals surface area contributed by atoms with E-state index < -0.39 is 34.8 Å². The first-order chi connectivity index (χ1) is 7.94. The maximum atomic E-state index is 12.6. The summed E-state index contributed by atoms with van der Waals surface area (Å²) in [5.74, 6) is -1.27. The third kappa shape index (κ3) is 2.83. The molecule has 1 aromatic carbocycles. The molecule has 0 fully saturated rings. The molecule has 0 aliphatic carbocycles. The van der Waals surface area contributed by atoms with Crippen LogP contribution in [-0.2, 0) is 12.4 Å². The first kappa shape index (κ1) is 14.5. The minimum atomic E-state index is -5.01. The third-order valence-corrected chi connectivity index (χ3v) is 2.25. The van der Waals surface area contributed by atoms with Gasteiger partial charge in [-0.25, -0.2) is 0 Å². The Hall–Kier alpha value is -1.53. The van der Waals surface area contributed by atoms with E-state index in [1.54, 1.807) is 0 Å². The monoisotopic (exact) mass is 270 g/mol. The normalized spacial score (nSPS) is 12.7. The lowest BCUT2D eigenvalue weighted by Crippen LogP contribution is -2.19. The van der Waals surface area contributed by atoms with Crippen molar-refractivity contribution in [2.75, 3.05) is 0 Å². The van der Waals surface area contributed by atoms with Crippen molar-refractivity contribution in [1.29, 1.82) is 0 Å². The van der Waals surface area contributed by atoms with E-state index in [-0.39, 0.29) is 5.56 Å². The van der Waals surface area contributed by atoms with Crippen LogP contribution in [0.1, 0.15) is 34.0 Å². The van der Waals surface area contributed by atoms with E-state index in [4.69, 9.17) is 0 Å². The summed E-state index contributed by atoms with van der Waals surface area (Å²) in [5, 5.41) is 0. The highest BCUT2D eigenvalue weighted by Gasteiger charge is 2.42. The van der Waals surface area contributed by atoms with E-state index in [0.29, 0.717) is 19.1 Å². The van der Waals surface area contributed by atoms with Crippen LogP contribution in [0.2, 0.25) is 0 Å². The Bertz CT molecular complexity index is 448. The number of ketones is 1. The molecule has 0 saturated carbocycles. The Morgan fingerprint density at radius 1 is 0.944 bits per heavy atom.